The molecule has 0 heterocycles. The fourth-order valence-electron chi connectivity index (χ4n) is 1.23. The summed E-state index contributed by atoms with van der Waals surface area (Å²) in [5.74, 6) is 0. The molecule has 1 aromatic rings. The van der Waals surface area contributed by atoms with Crippen LogP contribution in [0.4, 0.5) is 0 Å². The van der Waals surface area contributed by atoms with Crippen LogP contribution in [0, 0.1) is 13.8 Å². The van der Waals surface area contributed by atoms with Crippen molar-refractivity contribution in [1.29, 1.82) is 0 Å². The van der Waals surface area contributed by atoms with Crippen LogP contribution in [-0.2, 0) is 4.79 Å². The van der Waals surface area contributed by atoms with Crippen molar-refractivity contribution in [2.75, 3.05) is 0 Å². The number of benzene rings is 1. The van der Waals surface area contributed by atoms with E-state index in [0.29, 0.717) is 11.3 Å². The molecule has 1 aromatic carbocycles. The molecule has 0 radical (unpaired) electrons. The molecule has 1 rings (SSSR count). The molecule has 0 unspecified atom stereocenters. The average molecular weight is 195 g/mol. The molecule has 0 spiro atoms. The van der Waals surface area contributed by atoms with Gasteiger partial charge in [0.25, 0.3) is 0 Å². The Morgan fingerprint density at radius 1 is 1.38 bits per heavy atom. The number of carbonyl (C=O) groups is 1. The quantitative estimate of drug-likeness (QED) is 0.523. The SMILES string of the molecule is Cc1ccc(/C(Cl)=C/C=O)c(C)c1. The lowest BCUT2D eigenvalue weighted by Crippen LogP contribution is -1.85. The molecular weight excluding hydrogens is 184 g/mol. The highest BCUT2D eigenvalue weighted by atomic mass is 35.5. The minimum atomic E-state index is 0.493. The lowest BCUT2D eigenvalue weighted by molar-refractivity contribution is -0.104. The maximum absolute atomic E-state index is 10.2. The van der Waals surface area contributed by atoms with Crippen molar-refractivity contribution in [2.45, 2.75) is 13.8 Å². The van der Waals surface area contributed by atoms with Gasteiger partial charge in [0.05, 0.1) is 5.03 Å². The van der Waals surface area contributed by atoms with Crippen molar-refractivity contribution in [3.05, 3.63) is 41.0 Å². The number of aryl methyl sites for hydroxylation is 2. The number of halogens is 1. The maximum atomic E-state index is 10.2. The molecule has 0 fully saturated rings. The molecule has 13 heavy (non-hydrogen) atoms. The molecular formula is C11H11ClO. The fraction of sp³-hybridized carbons (Fsp3) is 0.182. The van der Waals surface area contributed by atoms with Crippen molar-refractivity contribution >= 4 is 22.9 Å². The summed E-state index contributed by atoms with van der Waals surface area (Å²) in [6, 6.07) is 5.94. The molecule has 0 saturated carbocycles. The van der Waals surface area contributed by atoms with Crippen LogP contribution in [-0.4, -0.2) is 6.29 Å². The first-order valence-corrected chi connectivity index (χ1v) is 4.41. The lowest BCUT2D eigenvalue weighted by atomic mass is 10.1. The van der Waals surface area contributed by atoms with Crippen molar-refractivity contribution in [3.63, 3.8) is 0 Å². The van der Waals surface area contributed by atoms with Gasteiger partial charge in [-0.2, -0.15) is 0 Å². The van der Waals surface area contributed by atoms with Gasteiger partial charge in [-0.1, -0.05) is 35.4 Å². The summed E-state index contributed by atoms with van der Waals surface area (Å²) < 4.78 is 0. The Hall–Kier alpha value is -1.08. The van der Waals surface area contributed by atoms with E-state index in [9.17, 15) is 4.79 Å². The van der Waals surface area contributed by atoms with E-state index in [0.717, 1.165) is 11.1 Å². The summed E-state index contributed by atoms with van der Waals surface area (Å²) >= 11 is 5.89. The van der Waals surface area contributed by atoms with Crippen LogP contribution in [0.3, 0.4) is 0 Å². The van der Waals surface area contributed by atoms with Crippen LogP contribution in [0.2, 0.25) is 0 Å². The molecule has 2 heteroatoms. The molecule has 68 valence electrons. The van der Waals surface area contributed by atoms with E-state index in [-0.39, 0.29) is 0 Å². The van der Waals surface area contributed by atoms with Gasteiger partial charge < -0.3 is 0 Å². The second-order valence-corrected chi connectivity index (χ2v) is 3.38. The van der Waals surface area contributed by atoms with E-state index in [1.165, 1.54) is 11.6 Å². The highest BCUT2D eigenvalue weighted by Gasteiger charge is 2.01. The number of rotatable bonds is 2. The van der Waals surface area contributed by atoms with E-state index in [1.807, 2.05) is 32.0 Å². The second-order valence-electron chi connectivity index (χ2n) is 2.97. The van der Waals surface area contributed by atoms with Crippen molar-refractivity contribution < 1.29 is 4.79 Å². The van der Waals surface area contributed by atoms with Gasteiger partial charge in [-0.05, 0) is 31.1 Å². The van der Waals surface area contributed by atoms with Crippen LogP contribution < -0.4 is 0 Å². The van der Waals surface area contributed by atoms with E-state index in [1.54, 1.807) is 0 Å². The summed E-state index contributed by atoms with van der Waals surface area (Å²) in [6.07, 6.45) is 2.06. The highest BCUT2D eigenvalue weighted by Crippen LogP contribution is 2.22. The fourth-order valence-corrected chi connectivity index (χ4v) is 1.49. The van der Waals surface area contributed by atoms with Crippen molar-refractivity contribution in [2.24, 2.45) is 0 Å². The molecule has 0 aliphatic rings. The molecule has 0 aliphatic carbocycles. The lowest BCUT2D eigenvalue weighted by Gasteiger charge is -2.04. The predicted molar refractivity (Wildman–Crippen MR) is 55.8 cm³/mol. The van der Waals surface area contributed by atoms with Gasteiger partial charge in [0, 0.05) is 0 Å². The van der Waals surface area contributed by atoms with Gasteiger partial charge in [0.2, 0.25) is 0 Å². The third-order valence-electron chi connectivity index (χ3n) is 1.85. The van der Waals surface area contributed by atoms with Gasteiger partial charge in [-0.15, -0.1) is 0 Å². The first kappa shape index (κ1) is 10.0. The number of carbonyl (C=O) groups excluding carboxylic acids is 1. The normalized spacial score (nSPS) is 11.5. The smallest absolute Gasteiger partial charge is 0.144 e. The summed E-state index contributed by atoms with van der Waals surface area (Å²) in [7, 11) is 0. The summed E-state index contributed by atoms with van der Waals surface area (Å²) in [4.78, 5) is 10.2. The van der Waals surface area contributed by atoms with E-state index >= 15 is 0 Å². The second kappa shape index (κ2) is 4.24. The Morgan fingerprint density at radius 3 is 2.62 bits per heavy atom. The summed E-state index contributed by atoms with van der Waals surface area (Å²) in [6.45, 7) is 4.00. The number of hydrogen-bond donors (Lipinski definition) is 0. The number of allylic oxidation sites excluding steroid dienone is 1. The third kappa shape index (κ3) is 2.43. The molecule has 0 aliphatic heterocycles. The zero-order valence-electron chi connectivity index (χ0n) is 7.67. The minimum absolute atomic E-state index is 0.493. The van der Waals surface area contributed by atoms with E-state index in [4.69, 9.17) is 11.6 Å². The number of hydrogen-bond acceptors (Lipinski definition) is 1. The molecule has 0 atom stereocenters. The van der Waals surface area contributed by atoms with Gasteiger partial charge >= 0.3 is 0 Å². The molecule has 0 bridgehead atoms. The van der Waals surface area contributed by atoms with Crippen LogP contribution in [0.15, 0.2) is 24.3 Å². The molecule has 0 N–H and O–H groups in total. The van der Waals surface area contributed by atoms with Crippen LogP contribution >= 0.6 is 11.6 Å². The van der Waals surface area contributed by atoms with Crippen LogP contribution in [0.5, 0.6) is 0 Å². The Labute approximate surface area is 83.0 Å². The standard InChI is InChI=1S/C11H11ClO/c1-8-3-4-10(9(2)7-8)11(12)5-6-13/h3-7H,1-2H3/b11-5-. The maximum Gasteiger partial charge on any atom is 0.144 e. The zero-order valence-corrected chi connectivity index (χ0v) is 8.43. The Bertz CT molecular complexity index is 353. The monoisotopic (exact) mass is 194 g/mol. The predicted octanol–water partition coefficient (Wildman–Crippen LogP) is 3.08. The van der Waals surface area contributed by atoms with E-state index in [2.05, 4.69) is 0 Å². The molecule has 0 saturated heterocycles. The minimum Gasteiger partial charge on any atom is -0.299 e. The highest BCUT2D eigenvalue weighted by molar-refractivity contribution is 6.49. The van der Waals surface area contributed by atoms with Gasteiger partial charge in [-0.3, -0.25) is 4.79 Å². The molecule has 0 aromatic heterocycles. The van der Waals surface area contributed by atoms with Gasteiger partial charge in [0.15, 0.2) is 0 Å². The topological polar surface area (TPSA) is 17.1 Å². The largest absolute Gasteiger partial charge is 0.299 e. The van der Waals surface area contributed by atoms with Gasteiger partial charge in [-0.25, -0.2) is 0 Å². The van der Waals surface area contributed by atoms with Gasteiger partial charge in [0.1, 0.15) is 6.29 Å². The number of aldehydes is 1. The zero-order chi connectivity index (χ0) is 9.84. The van der Waals surface area contributed by atoms with E-state index < -0.39 is 0 Å². The molecule has 1 nitrogen and oxygen atoms in total. The van der Waals surface area contributed by atoms with Crippen molar-refractivity contribution in [1.82, 2.24) is 0 Å². The van der Waals surface area contributed by atoms with Crippen LogP contribution in [0.25, 0.3) is 5.03 Å². The third-order valence-corrected chi connectivity index (χ3v) is 2.18. The first-order valence-electron chi connectivity index (χ1n) is 4.03. The summed E-state index contributed by atoms with van der Waals surface area (Å²) in [5.41, 5.74) is 3.19. The Kier molecular flexibility index (Phi) is 3.26. The van der Waals surface area contributed by atoms with Crippen LogP contribution in [0.1, 0.15) is 16.7 Å². The average Bonchev–Trinajstić information content (AvgIpc) is 2.04. The Balaban J connectivity index is 3.15. The van der Waals surface area contributed by atoms with Crippen molar-refractivity contribution in [3.8, 4) is 0 Å². The molecule has 0 amide bonds. The Morgan fingerprint density at radius 2 is 2.08 bits per heavy atom. The summed E-state index contributed by atoms with van der Waals surface area (Å²) in [5, 5.41) is 0.493. The first-order chi connectivity index (χ1) is 6.15.